The van der Waals surface area contributed by atoms with Crippen LogP contribution in [0.2, 0.25) is 0 Å². The Labute approximate surface area is 88.7 Å². The van der Waals surface area contributed by atoms with Crippen molar-refractivity contribution in [3.05, 3.63) is 0 Å². The fraction of sp³-hybridized carbons (Fsp3) is 1.00. The maximum Gasteiger partial charge on any atom is 0.00932 e. The molecule has 2 fully saturated rings. The highest BCUT2D eigenvalue weighted by Gasteiger charge is 2.23. The zero-order valence-electron chi connectivity index (χ0n) is 9.60. The van der Waals surface area contributed by atoms with Crippen LogP contribution in [-0.2, 0) is 0 Å². The van der Waals surface area contributed by atoms with Crippen LogP contribution in [0.3, 0.4) is 0 Å². The molecule has 2 atom stereocenters. The molecule has 82 valence electrons. The molecule has 1 aliphatic carbocycles. The third-order valence-corrected chi connectivity index (χ3v) is 4.30. The molecule has 1 N–H and O–H groups in total. The van der Waals surface area contributed by atoms with Crippen molar-refractivity contribution >= 4 is 0 Å². The minimum absolute atomic E-state index is 0.844. The van der Waals surface area contributed by atoms with Crippen LogP contribution in [-0.4, -0.2) is 12.6 Å². The minimum atomic E-state index is 0.844. The van der Waals surface area contributed by atoms with Gasteiger partial charge in [-0.3, -0.25) is 0 Å². The minimum Gasteiger partial charge on any atom is -0.314 e. The van der Waals surface area contributed by atoms with Crippen molar-refractivity contribution in [2.75, 3.05) is 6.54 Å². The average molecular weight is 195 g/mol. The van der Waals surface area contributed by atoms with E-state index >= 15 is 0 Å². The SMILES string of the molecule is CC1CCNC1CCC1CCCCC1. The van der Waals surface area contributed by atoms with Gasteiger partial charge in [0.05, 0.1) is 0 Å². The number of hydrogen-bond acceptors (Lipinski definition) is 1. The quantitative estimate of drug-likeness (QED) is 0.728. The van der Waals surface area contributed by atoms with Crippen LogP contribution in [0.1, 0.15) is 58.3 Å². The van der Waals surface area contributed by atoms with Crippen LogP contribution < -0.4 is 5.32 Å². The Balaban J connectivity index is 1.65. The molecule has 0 bridgehead atoms. The van der Waals surface area contributed by atoms with E-state index in [0.29, 0.717) is 0 Å². The van der Waals surface area contributed by atoms with E-state index < -0.39 is 0 Å². The van der Waals surface area contributed by atoms with Gasteiger partial charge in [0.1, 0.15) is 0 Å². The van der Waals surface area contributed by atoms with E-state index in [4.69, 9.17) is 0 Å². The van der Waals surface area contributed by atoms with Crippen LogP contribution in [0.25, 0.3) is 0 Å². The van der Waals surface area contributed by atoms with Crippen molar-refractivity contribution in [1.29, 1.82) is 0 Å². The van der Waals surface area contributed by atoms with E-state index in [2.05, 4.69) is 12.2 Å². The van der Waals surface area contributed by atoms with Crippen molar-refractivity contribution in [2.45, 2.75) is 64.3 Å². The predicted molar refractivity (Wildman–Crippen MR) is 61.4 cm³/mol. The second-order valence-corrected chi connectivity index (χ2v) is 5.41. The van der Waals surface area contributed by atoms with Crippen LogP contribution in [0.4, 0.5) is 0 Å². The first-order chi connectivity index (χ1) is 6.86. The first kappa shape index (κ1) is 10.5. The maximum absolute atomic E-state index is 3.65. The smallest absolute Gasteiger partial charge is 0.00932 e. The Morgan fingerprint density at radius 1 is 1.00 bits per heavy atom. The summed E-state index contributed by atoms with van der Waals surface area (Å²) in [5.74, 6) is 2.00. The van der Waals surface area contributed by atoms with Crippen molar-refractivity contribution in [2.24, 2.45) is 11.8 Å². The molecule has 1 aliphatic heterocycles. The number of nitrogens with one attached hydrogen (secondary N) is 1. The molecule has 1 nitrogen and oxygen atoms in total. The van der Waals surface area contributed by atoms with Gasteiger partial charge in [0.15, 0.2) is 0 Å². The van der Waals surface area contributed by atoms with Gasteiger partial charge in [0.2, 0.25) is 0 Å². The third-order valence-electron chi connectivity index (χ3n) is 4.30. The van der Waals surface area contributed by atoms with Gasteiger partial charge in [-0.05, 0) is 37.6 Å². The highest BCUT2D eigenvalue weighted by Crippen LogP contribution is 2.29. The lowest BCUT2D eigenvalue weighted by molar-refractivity contribution is 0.307. The van der Waals surface area contributed by atoms with Crippen LogP contribution in [0.15, 0.2) is 0 Å². The van der Waals surface area contributed by atoms with Gasteiger partial charge in [-0.15, -0.1) is 0 Å². The molecular weight excluding hydrogens is 170 g/mol. The Hall–Kier alpha value is -0.0400. The average Bonchev–Trinajstić information content (AvgIpc) is 2.63. The Morgan fingerprint density at radius 2 is 1.79 bits per heavy atom. The Bertz CT molecular complexity index is 161. The lowest BCUT2D eigenvalue weighted by Gasteiger charge is -2.24. The van der Waals surface area contributed by atoms with Gasteiger partial charge in [0, 0.05) is 6.04 Å². The molecule has 1 heteroatoms. The molecule has 0 aromatic rings. The molecule has 14 heavy (non-hydrogen) atoms. The van der Waals surface area contributed by atoms with Crippen LogP contribution in [0.5, 0.6) is 0 Å². The largest absolute Gasteiger partial charge is 0.314 e. The fourth-order valence-electron chi connectivity index (χ4n) is 3.18. The van der Waals surface area contributed by atoms with Crippen molar-refractivity contribution in [3.8, 4) is 0 Å². The molecule has 1 saturated carbocycles. The van der Waals surface area contributed by atoms with E-state index in [1.807, 2.05) is 0 Å². The molecule has 0 radical (unpaired) electrons. The van der Waals surface area contributed by atoms with Gasteiger partial charge in [-0.2, -0.15) is 0 Å². The molecule has 0 aromatic carbocycles. The summed E-state index contributed by atoms with van der Waals surface area (Å²) < 4.78 is 0. The fourth-order valence-corrected chi connectivity index (χ4v) is 3.18. The number of hydrogen-bond donors (Lipinski definition) is 1. The first-order valence-corrected chi connectivity index (χ1v) is 6.59. The normalized spacial score (nSPS) is 34.9. The maximum atomic E-state index is 3.65. The zero-order valence-corrected chi connectivity index (χ0v) is 9.60. The molecule has 0 aromatic heterocycles. The molecule has 2 aliphatic rings. The van der Waals surface area contributed by atoms with E-state index in [9.17, 15) is 0 Å². The van der Waals surface area contributed by atoms with Crippen molar-refractivity contribution in [3.63, 3.8) is 0 Å². The molecule has 2 unspecified atom stereocenters. The summed E-state index contributed by atoms with van der Waals surface area (Å²) in [5.41, 5.74) is 0. The molecule has 0 spiro atoms. The molecule has 1 saturated heterocycles. The summed E-state index contributed by atoms with van der Waals surface area (Å²) >= 11 is 0. The van der Waals surface area contributed by atoms with Gasteiger partial charge < -0.3 is 5.32 Å². The molecule has 2 rings (SSSR count). The summed E-state index contributed by atoms with van der Waals surface area (Å²) in [4.78, 5) is 0. The predicted octanol–water partition coefficient (Wildman–Crippen LogP) is 3.34. The zero-order chi connectivity index (χ0) is 9.80. The van der Waals surface area contributed by atoms with Gasteiger partial charge >= 0.3 is 0 Å². The van der Waals surface area contributed by atoms with Gasteiger partial charge in [-0.25, -0.2) is 0 Å². The summed E-state index contributed by atoms with van der Waals surface area (Å²) in [5, 5.41) is 3.65. The van der Waals surface area contributed by atoms with Crippen LogP contribution in [0, 0.1) is 11.8 Å². The Morgan fingerprint density at radius 3 is 2.43 bits per heavy atom. The molecule has 1 heterocycles. The van der Waals surface area contributed by atoms with Gasteiger partial charge in [0.25, 0.3) is 0 Å². The van der Waals surface area contributed by atoms with Gasteiger partial charge in [-0.1, -0.05) is 39.0 Å². The van der Waals surface area contributed by atoms with E-state index in [0.717, 1.165) is 17.9 Å². The molecule has 0 amide bonds. The first-order valence-electron chi connectivity index (χ1n) is 6.59. The summed E-state index contributed by atoms with van der Waals surface area (Å²) in [7, 11) is 0. The highest BCUT2D eigenvalue weighted by atomic mass is 14.9. The topological polar surface area (TPSA) is 12.0 Å². The summed E-state index contributed by atoms with van der Waals surface area (Å²) in [6.07, 6.45) is 11.8. The summed E-state index contributed by atoms with van der Waals surface area (Å²) in [6, 6.07) is 0.844. The summed E-state index contributed by atoms with van der Waals surface area (Å²) in [6.45, 7) is 3.67. The molecular formula is C13H25N. The van der Waals surface area contributed by atoms with Crippen LogP contribution >= 0.6 is 0 Å². The second-order valence-electron chi connectivity index (χ2n) is 5.41. The highest BCUT2D eigenvalue weighted by molar-refractivity contribution is 4.81. The van der Waals surface area contributed by atoms with E-state index in [-0.39, 0.29) is 0 Å². The lowest BCUT2D eigenvalue weighted by atomic mass is 9.84. The lowest BCUT2D eigenvalue weighted by Crippen LogP contribution is -2.26. The van der Waals surface area contributed by atoms with Crippen molar-refractivity contribution < 1.29 is 0 Å². The van der Waals surface area contributed by atoms with Crippen molar-refractivity contribution in [1.82, 2.24) is 5.32 Å². The Kier molecular flexibility index (Phi) is 3.86. The van der Waals surface area contributed by atoms with E-state index in [1.54, 1.807) is 0 Å². The second kappa shape index (κ2) is 5.16. The number of rotatable bonds is 3. The monoisotopic (exact) mass is 195 g/mol. The van der Waals surface area contributed by atoms with E-state index in [1.165, 1.54) is 57.9 Å². The third kappa shape index (κ3) is 2.73. The standard InChI is InChI=1S/C13H25N/c1-11-9-10-14-13(11)8-7-12-5-3-2-4-6-12/h11-14H,2-10H2,1H3.